The third kappa shape index (κ3) is 2.91. The Kier molecular flexibility index (Phi) is 4.12. The molecule has 0 bridgehead atoms. The first-order valence-electron chi connectivity index (χ1n) is 7.25. The minimum absolute atomic E-state index is 0.919. The number of unbranched alkanes of at least 4 members (excludes halogenated alkanes) is 1. The topological polar surface area (TPSA) is 12.9 Å². The lowest BCUT2D eigenvalue weighted by Crippen LogP contribution is -1.93. The van der Waals surface area contributed by atoms with Gasteiger partial charge in [0.15, 0.2) is 0 Å². The highest BCUT2D eigenvalue weighted by atomic mass is 32.1. The van der Waals surface area contributed by atoms with Crippen molar-refractivity contribution in [2.75, 3.05) is 0 Å². The van der Waals surface area contributed by atoms with Gasteiger partial charge in [-0.3, -0.25) is 4.98 Å². The van der Waals surface area contributed by atoms with E-state index in [-0.39, 0.29) is 0 Å². The second kappa shape index (κ2) is 6.19. The molecule has 102 valence electrons. The van der Waals surface area contributed by atoms with Gasteiger partial charge in [-0.05, 0) is 41.5 Å². The molecule has 0 saturated carbocycles. The number of aromatic nitrogens is 1. The smallest absolute Gasteiger partial charge is 0.0534 e. The molecule has 0 aliphatic rings. The molecule has 0 N–H and O–H groups in total. The monoisotopic (exact) mass is 281 g/mol. The van der Waals surface area contributed by atoms with Crippen LogP contribution in [0.4, 0.5) is 0 Å². The summed E-state index contributed by atoms with van der Waals surface area (Å²) in [6.45, 7) is 2.24. The van der Waals surface area contributed by atoms with E-state index < -0.39 is 0 Å². The number of thiophene rings is 1. The Labute approximate surface area is 124 Å². The second-order valence-electron chi connectivity index (χ2n) is 5.19. The molecule has 1 nitrogen and oxygen atoms in total. The van der Waals surface area contributed by atoms with E-state index in [1.54, 1.807) is 11.3 Å². The number of aryl methyl sites for hydroxylation is 1. The maximum absolute atomic E-state index is 4.55. The van der Waals surface area contributed by atoms with Crippen molar-refractivity contribution in [2.45, 2.75) is 32.6 Å². The minimum atomic E-state index is 0.919. The highest BCUT2D eigenvalue weighted by Crippen LogP contribution is 2.24. The van der Waals surface area contributed by atoms with Crippen LogP contribution in [0.25, 0.3) is 10.1 Å². The van der Waals surface area contributed by atoms with Crippen LogP contribution in [0.15, 0.2) is 48.0 Å². The Morgan fingerprint density at radius 2 is 1.80 bits per heavy atom. The van der Waals surface area contributed by atoms with Crippen LogP contribution in [0.5, 0.6) is 0 Å². The summed E-state index contributed by atoms with van der Waals surface area (Å²) < 4.78 is 1.33. The van der Waals surface area contributed by atoms with Gasteiger partial charge in [0.1, 0.15) is 0 Å². The quantitative estimate of drug-likeness (QED) is 0.624. The molecule has 1 aromatic carbocycles. The number of fused-ring (bicyclic) bond motifs is 1. The fourth-order valence-corrected chi connectivity index (χ4v) is 3.29. The maximum atomic E-state index is 4.55. The average Bonchev–Trinajstić information content (AvgIpc) is 2.96. The van der Waals surface area contributed by atoms with Crippen LogP contribution in [0.1, 0.15) is 36.6 Å². The van der Waals surface area contributed by atoms with Crippen LogP contribution in [-0.4, -0.2) is 4.98 Å². The van der Waals surface area contributed by atoms with E-state index in [1.807, 2.05) is 6.20 Å². The molecule has 0 saturated heterocycles. The molecular formula is C18H19NS. The van der Waals surface area contributed by atoms with Gasteiger partial charge in [-0.15, -0.1) is 11.3 Å². The molecule has 0 amide bonds. The van der Waals surface area contributed by atoms with Gasteiger partial charge in [0.2, 0.25) is 0 Å². The van der Waals surface area contributed by atoms with Crippen LogP contribution in [0, 0.1) is 0 Å². The normalized spacial score (nSPS) is 11.1. The number of hydrogen-bond acceptors (Lipinski definition) is 2. The van der Waals surface area contributed by atoms with Crippen molar-refractivity contribution in [3.05, 3.63) is 64.8 Å². The fraction of sp³-hybridized carbons (Fsp3) is 0.278. The lowest BCUT2D eigenvalue weighted by molar-refractivity contribution is 0.794. The van der Waals surface area contributed by atoms with Gasteiger partial charge in [0, 0.05) is 22.7 Å². The van der Waals surface area contributed by atoms with Crippen molar-refractivity contribution in [1.82, 2.24) is 4.98 Å². The van der Waals surface area contributed by atoms with Gasteiger partial charge >= 0.3 is 0 Å². The molecule has 2 heterocycles. The summed E-state index contributed by atoms with van der Waals surface area (Å²) in [5, 5.41) is 3.44. The fourth-order valence-electron chi connectivity index (χ4n) is 2.49. The first-order chi connectivity index (χ1) is 9.86. The van der Waals surface area contributed by atoms with Crippen LogP contribution < -0.4 is 0 Å². The largest absolute Gasteiger partial charge is 0.260 e. The van der Waals surface area contributed by atoms with Crippen molar-refractivity contribution in [2.24, 2.45) is 0 Å². The average molecular weight is 281 g/mol. The summed E-state index contributed by atoms with van der Waals surface area (Å²) in [6, 6.07) is 13.3. The van der Waals surface area contributed by atoms with Gasteiger partial charge in [0.05, 0.1) is 5.69 Å². The van der Waals surface area contributed by atoms with Crippen molar-refractivity contribution in [1.29, 1.82) is 0 Å². The van der Waals surface area contributed by atoms with E-state index >= 15 is 0 Å². The van der Waals surface area contributed by atoms with Gasteiger partial charge in [-0.25, -0.2) is 0 Å². The molecule has 0 atom stereocenters. The van der Waals surface area contributed by atoms with E-state index in [2.05, 4.69) is 53.7 Å². The van der Waals surface area contributed by atoms with Gasteiger partial charge < -0.3 is 0 Å². The predicted molar refractivity (Wildman–Crippen MR) is 87.5 cm³/mol. The number of pyridine rings is 1. The lowest BCUT2D eigenvalue weighted by Gasteiger charge is -2.05. The number of benzene rings is 1. The number of rotatable bonds is 5. The highest BCUT2D eigenvalue weighted by molar-refractivity contribution is 7.17. The molecule has 3 aromatic rings. The van der Waals surface area contributed by atoms with Crippen LogP contribution in [0.3, 0.4) is 0 Å². The molecule has 0 radical (unpaired) electrons. The van der Waals surface area contributed by atoms with E-state index in [1.165, 1.54) is 46.2 Å². The van der Waals surface area contributed by atoms with Crippen LogP contribution >= 0.6 is 11.3 Å². The highest BCUT2D eigenvalue weighted by Gasteiger charge is 2.04. The Hall–Kier alpha value is -1.67. The van der Waals surface area contributed by atoms with Crippen molar-refractivity contribution >= 4 is 21.4 Å². The van der Waals surface area contributed by atoms with Crippen molar-refractivity contribution in [3.63, 3.8) is 0 Å². The summed E-state index contributed by atoms with van der Waals surface area (Å²) in [5.74, 6) is 0. The summed E-state index contributed by atoms with van der Waals surface area (Å²) in [7, 11) is 0. The van der Waals surface area contributed by atoms with E-state index in [0.29, 0.717) is 0 Å². The van der Waals surface area contributed by atoms with E-state index in [0.717, 1.165) is 6.42 Å². The number of nitrogens with zero attached hydrogens (tertiary/aromatic N) is 1. The van der Waals surface area contributed by atoms with E-state index in [4.69, 9.17) is 0 Å². The zero-order valence-electron chi connectivity index (χ0n) is 11.8. The lowest BCUT2D eigenvalue weighted by atomic mass is 10.0. The van der Waals surface area contributed by atoms with E-state index in [9.17, 15) is 0 Å². The Bertz CT molecular complexity index is 682. The third-order valence-electron chi connectivity index (χ3n) is 3.68. The standard InChI is InChI=1S/C18H19NS/c1-2-3-4-14-5-7-15(8-6-14)13-17-16-10-12-20-18(16)9-11-19-17/h5-12H,2-4,13H2,1H3. The van der Waals surface area contributed by atoms with Gasteiger partial charge in [0.25, 0.3) is 0 Å². The van der Waals surface area contributed by atoms with Crippen molar-refractivity contribution < 1.29 is 0 Å². The summed E-state index contributed by atoms with van der Waals surface area (Å²) in [5.41, 5.74) is 3.97. The summed E-state index contributed by atoms with van der Waals surface area (Å²) in [4.78, 5) is 4.55. The zero-order chi connectivity index (χ0) is 13.8. The minimum Gasteiger partial charge on any atom is -0.260 e. The molecule has 0 fully saturated rings. The number of hydrogen-bond donors (Lipinski definition) is 0. The van der Waals surface area contributed by atoms with Gasteiger partial charge in [-0.1, -0.05) is 37.6 Å². The van der Waals surface area contributed by atoms with Crippen LogP contribution in [-0.2, 0) is 12.8 Å². The van der Waals surface area contributed by atoms with Gasteiger partial charge in [-0.2, -0.15) is 0 Å². The summed E-state index contributed by atoms with van der Waals surface area (Å²) >= 11 is 1.78. The molecule has 0 unspecified atom stereocenters. The molecule has 2 aromatic heterocycles. The predicted octanol–water partition coefficient (Wildman–Crippen LogP) is 5.23. The zero-order valence-corrected chi connectivity index (χ0v) is 12.6. The summed E-state index contributed by atoms with van der Waals surface area (Å²) in [6.07, 6.45) is 6.56. The molecule has 0 spiro atoms. The maximum Gasteiger partial charge on any atom is 0.0534 e. The molecule has 0 aliphatic heterocycles. The Morgan fingerprint density at radius 1 is 1.00 bits per heavy atom. The third-order valence-corrected chi connectivity index (χ3v) is 4.56. The Morgan fingerprint density at radius 3 is 2.60 bits per heavy atom. The molecular weight excluding hydrogens is 262 g/mol. The first-order valence-corrected chi connectivity index (χ1v) is 8.13. The molecule has 3 rings (SSSR count). The molecule has 20 heavy (non-hydrogen) atoms. The SMILES string of the molecule is CCCCc1ccc(Cc2nccc3sccc23)cc1. The first kappa shape index (κ1) is 13.3. The molecule has 2 heteroatoms. The molecule has 0 aliphatic carbocycles. The Balaban J connectivity index is 1.79. The van der Waals surface area contributed by atoms with Crippen LogP contribution in [0.2, 0.25) is 0 Å². The van der Waals surface area contributed by atoms with Crippen molar-refractivity contribution in [3.8, 4) is 0 Å². The second-order valence-corrected chi connectivity index (χ2v) is 6.13.